The van der Waals surface area contributed by atoms with Gasteiger partial charge in [0.05, 0.1) is 0 Å². The first-order valence-electron chi connectivity index (χ1n) is 7.23. The Bertz CT molecular complexity index is 260. The van der Waals surface area contributed by atoms with E-state index in [4.69, 9.17) is 5.73 Å². The van der Waals surface area contributed by atoms with Crippen molar-refractivity contribution in [2.24, 2.45) is 5.73 Å². The molecule has 0 aromatic carbocycles. The van der Waals surface area contributed by atoms with Crippen LogP contribution in [0.4, 0.5) is 0 Å². The predicted molar refractivity (Wildman–Crippen MR) is 79.8 cm³/mol. The van der Waals surface area contributed by atoms with Gasteiger partial charge >= 0.3 is 0 Å². The van der Waals surface area contributed by atoms with Crippen molar-refractivity contribution >= 4 is 0 Å². The average Bonchev–Trinajstić information content (AvgIpc) is 1.90. The van der Waals surface area contributed by atoms with Crippen molar-refractivity contribution in [2.45, 2.75) is 96.4 Å². The molecule has 1 saturated heterocycles. The molecule has 1 fully saturated rings. The van der Waals surface area contributed by atoms with E-state index in [1.165, 1.54) is 12.8 Å². The second kappa shape index (κ2) is 5.10. The molecular weight excluding hydrogens is 222 g/mol. The average molecular weight is 255 g/mol. The third-order valence-electron chi connectivity index (χ3n) is 3.54. The van der Waals surface area contributed by atoms with E-state index in [1.807, 2.05) is 0 Å². The van der Waals surface area contributed by atoms with Crippen molar-refractivity contribution in [1.82, 2.24) is 10.6 Å². The van der Waals surface area contributed by atoms with Crippen molar-refractivity contribution in [3.05, 3.63) is 0 Å². The normalized spacial score (nSPS) is 26.0. The fourth-order valence-corrected chi connectivity index (χ4v) is 3.69. The Kier molecular flexibility index (Phi) is 4.52. The van der Waals surface area contributed by atoms with Crippen LogP contribution in [0, 0.1) is 0 Å². The molecule has 1 aliphatic rings. The molecule has 0 aromatic heterocycles. The van der Waals surface area contributed by atoms with Crippen LogP contribution in [0.5, 0.6) is 0 Å². The molecule has 1 heterocycles. The van der Waals surface area contributed by atoms with Crippen LogP contribution in [0.3, 0.4) is 0 Å². The van der Waals surface area contributed by atoms with Crippen LogP contribution in [0.15, 0.2) is 0 Å². The molecule has 0 radical (unpaired) electrons. The molecule has 0 amide bonds. The van der Waals surface area contributed by atoms with Gasteiger partial charge < -0.3 is 16.4 Å². The van der Waals surface area contributed by atoms with Gasteiger partial charge in [-0.25, -0.2) is 0 Å². The van der Waals surface area contributed by atoms with Gasteiger partial charge in [0.25, 0.3) is 0 Å². The summed E-state index contributed by atoms with van der Waals surface area (Å²) in [5.74, 6) is 0. The van der Waals surface area contributed by atoms with Crippen molar-refractivity contribution in [3.63, 3.8) is 0 Å². The molecular formula is C15H33N3. The summed E-state index contributed by atoms with van der Waals surface area (Å²) in [5, 5.41) is 7.49. The highest BCUT2D eigenvalue weighted by molar-refractivity contribution is 5.00. The Hall–Kier alpha value is -0.120. The zero-order valence-electron chi connectivity index (χ0n) is 13.4. The maximum atomic E-state index is 6.10. The van der Waals surface area contributed by atoms with Gasteiger partial charge in [0, 0.05) is 28.7 Å². The predicted octanol–water partition coefficient (Wildman–Crippen LogP) is 2.40. The van der Waals surface area contributed by atoms with E-state index >= 15 is 0 Å². The van der Waals surface area contributed by atoms with Crippen molar-refractivity contribution in [1.29, 1.82) is 0 Å². The van der Waals surface area contributed by atoms with E-state index in [9.17, 15) is 0 Å². The third-order valence-corrected chi connectivity index (χ3v) is 3.54. The molecule has 0 aromatic rings. The van der Waals surface area contributed by atoms with Gasteiger partial charge in [-0.3, -0.25) is 0 Å². The Labute approximate surface area is 113 Å². The van der Waals surface area contributed by atoms with Gasteiger partial charge in [0.15, 0.2) is 0 Å². The van der Waals surface area contributed by atoms with Crippen LogP contribution < -0.4 is 16.4 Å². The molecule has 0 bridgehead atoms. The summed E-state index contributed by atoms with van der Waals surface area (Å²) in [6, 6.07) is 1.05. The maximum Gasteiger partial charge on any atom is 0.0144 e. The van der Waals surface area contributed by atoms with Gasteiger partial charge in [-0.2, -0.15) is 0 Å². The summed E-state index contributed by atoms with van der Waals surface area (Å²) >= 11 is 0. The fourth-order valence-electron chi connectivity index (χ4n) is 3.69. The molecule has 18 heavy (non-hydrogen) atoms. The standard InChI is InChI=1S/C15H33N3/c1-11(8-13(2,3)16)17-12-9-14(4,5)18-15(6,7)10-12/h11-12,17-18H,8-10,16H2,1-7H3. The highest BCUT2D eigenvalue weighted by atomic mass is 15.1. The second-order valence-corrected chi connectivity index (χ2v) is 8.26. The van der Waals surface area contributed by atoms with Gasteiger partial charge in [-0.1, -0.05) is 0 Å². The Morgan fingerprint density at radius 2 is 1.67 bits per heavy atom. The topological polar surface area (TPSA) is 50.1 Å². The zero-order valence-corrected chi connectivity index (χ0v) is 13.4. The first kappa shape index (κ1) is 15.9. The molecule has 3 nitrogen and oxygen atoms in total. The monoisotopic (exact) mass is 255 g/mol. The van der Waals surface area contributed by atoms with Crippen LogP contribution in [0.1, 0.15) is 67.7 Å². The van der Waals surface area contributed by atoms with E-state index < -0.39 is 0 Å². The van der Waals surface area contributed by atoms with E-state index in [0.717, 1.165) is 6.42 Å². The van der Waals surface area contributed by atoms with Crippen LogP contribution >= 0.6 is 0 Å². The molecule has 1 atom stereocenters. The number of hydrogen-bond acceptors (Lipinski definition) is 3. The number of piperidine rings is 1. The molecule has 4 N–H and O–H groups in total. The molecule has 1 rings (SSSR count). The van der Waals surface area contributed by atoms with Gasteiger partial charge in [-0.05, 0) is 67.7 Å². The van der Waals surface area contributed by atoms with E-state index in [0.29, 0.717) is 12.1 Å². The highest BCUT2D eigenvalue weighted by Crippen LogP contribution is 2.29. The van der Waals surface area contributed by atoms with Crippen LogP contribution in [-0.4, -0.2) is 28.7 Å². The molecule has 3 heteroatoms. The first-order chi connectivity index (χ1) is 7.89. The number of nitrogens with one attached hydrogen (secondary N) is 2. The summed E-state index contributed by atoms with van der Waals surface area (Å²) < 4.78 is 0. The minimum Gasteiger partial charge on any atom is -0.326 e. The lowest BCUT2D eigenvalue weighted by Crippen LogP contribution is -2.62. The SMILES string of the molecule is CC(CC(C)(C)N)NC1CC(C)(C)NC(C)(C)C1. The smallest absolute Gasteiger partial charge is 0.0144 e. The lowest BCUT2D eigenvalue weighted by Gasteiger charge is -2.47. The number of nitrogens with two attached hydrogens (primary N) is 1. The van der Waals surface area contributed by atoms with Gasteiger partial charge in [-0.15, -0.1) is 0 Å². The molecule has 1 aliphatic heterocycles. The van der Waals surface area contributed by atoms with Crippen LogP contribution in [0.25, 0.3) is 0 Å². The van der Waals surface area contributed by atoms with Crippen LogP contribution in [-0.2, 0) is 0 Å². The van der Waals surface area contributed by atoms with Gasteiger partial charge in [0.2, 0.25) is 0 Å². The zero-order chi connectivity index (χ0) is 14.2. The van der Waals surface area contributed by atoms with Crippen LogP contribution in [0.2, 0.25) is 0 Å². The maximum absolute atomic E-state index is 6.10. The lowest BCUT2D eigenvalue weighted by atomic mass is 9.79. The number of hydrogen-bond donors (Lipinski definition) is 3. The molecule has 0 spiro atoms. The van der Waals surface area contributed by atoms with E-state index in [-0.39, 0.29) is 16.6 Å². The summed E-state index contributed by atoms with van der Waals surface area (Å²) in [6.07, 6.45) is 3.36. The molecule has 0 aliphatic carbocycles. The minimum absolute atomic E-state index is 0.0929. The van der Waals surface area contributed by atoms with E-state index in [1.54, 1.807) is 0 Å². The van der Waals surface area contributed by atoms with Crippen molar-refractivity contribution < 1.29 is 0 Å². The minimum atomic E-state index is -0.0929. The van der Waals surface area contributed by atoms with Crippen molar-refractivity contribution in [2.75, 3.05) is 0 Å². The number of rotatable bonds is 4. The Balaban J connectivity index is 2.56. The Morgan fingerprint density at radius 1 is 1.22 bits per heavy atom. The summed E-state index contributed by atoms with van der Waals surface area (Å²) in [5.41, 5.74) is 6.41. The quantitative estimate of drug-likeness (QED) is 0.723. The summed E-state index contributed by atoms with van der Waals surface area (Å²) in [7, 11) is 0. The largest absolute Gasteiger partial charge is 0.326 e. The molecule has 0 saturated carbocycles. The highest BCUT2D eigenvalue weighted by Gasteiger charge is 2.38. The fraction of sp³-hybridized carbons (Fsp3) is 1.00. The van der Waals surface area contributed by atoms with E-state index in [2.05, 4.69) is 59.1 Å². The Morgan fingerprint density at radius 3 is 2.06 bits per heavy atom. The second-order valence-electron chi connectivity index (χ2n) is 8.26. The summed E-state index contributed by atoms with van der Waals surface area (Å²) in [4.78, 5) is 0. The first-order valence-corrected chi connectivity index (χ1v) is 7.23. The third kappa shape index (κ3) is 5.68. The summed E-state index contributed by atoms with van der Waals surface area (Å²) in [6.45, 7) is 15.6. The lowest BCUT2D eigenvalue weighted by molar-refractivity contribution is 0.138. The molecule has 1 unspecified atom stereocenters. The molecule has 108 valence electrons. The van der Waals surface area contributed by atoms with Gasteiger partial charge in [0.1, 0.15) is 0 Å². The van der Waals surface area contributed by atoms with Crippen molar-refractivity contribution in [3.8, 4) is 0 Å².